The van der Waals surface area contributed by atoms with Gasteiger partial charge in [0.15, 0.2) is 0 Å². The van der Waals surface area contributed by atoms with Crippen molar-refractivity contribution in [2.45, 2.75) is 45.1 Å². The van der Waals surface area contributed by atoms with Crippen molar-refractivity contribution in [2.75, 3.05) is 13.6 Å². The van der Waals surface area contributed by atoms with E-state index in [9.17, 15) is 4.79 Å². The van der Waals surface area contributed by atoms with Gasteiger partial charge in [-0.2, -0.15) is 0 Å². The maximum absolute atomic E-state index is 11.7. The van der Waals surface area contributed by atoms with Gasteiger partial charge in [-0.25, -0.2) is 0 Å². The van der Waals surface area contributed by atoms with Crippen LogP contribution in [0.15, 0.2) is 0 Å². The molecule has 82 valence electrons. The third kappa shape index (κ3) is 2.98. The van der Waals surface area contributed by atoms with Gasteiger partial charge < -0.3 is 10.6 Å². The second kappa shape index (κ2) is 4.78. The Bertz CT molecular complexity index is 197. The summed E-state index contributed by atoms with van der Waals surface area (Å²) >= 11 is 0. The third-order valence-corrected chi connectivity index (χ3v) is 3.09. The zero-order valence-electron chi connectivity index (χ0n) is 9.52. The van der Waals surface area contributed by atoms with Gasteiger partial charge in [-0.1, -0.05) is 19.8 Å². The molecule has 14 heavy (non-hydrogen) atoms. The lowest BCUT2D eigenvalue weighted by Crippen LogP contribution is -2.47. The van der Waals surface area contributed by atoms with Gasteiger partial charge >= 0.3 is 0 Å². The monoisotopic (exact) mass is 198 g/mol. The molecule has 0 heterocycles. The first kappa shape index (κ1) is 11.5. The van der Waals surface area contributed by atoms with Gasteiger partial charge in [0, 0.05) is 18.0 Å². The zero-order valence-corrected chi connectivity index (χ0v) is 9.52. The van der Waals surface area contributed by atoms with Crippen LogP contribution >= 0.6 is 0 Å². The van der Waals surface area contributed by atoms with Crippen molar-refractivity contribution in [3.63, 3.8) is 0 Å². The minimum atomic E-state index is 0.0671. The van der Waals surface area contributed by atoms with E-state index in [1.165, 1.54) is 12.8 Å². The highest BCUT2D eigenvalue weighted by molar-refractivity contribution is 5.79. The Hall–Kier alpha value is -0.570. The van der Waals surface area contributed by atoms with Gasteiger partial charge in [-0.15, -0.1) is 0 Å². The van der Waals surface area contributed by atoms with Crippen molar-refractivity contribution in [1.82, 2.24) is 10.6 Å². The van der Waals surface area contributed by atoms with Gasteiger partial charge in [0.2, 0.25) is 5.91 Å². The number of carbonyl (C=O) groups excluding carboxylic acids is 1. The van der Waals surface area contributed by atoms with E-state index >= 15 is 0 Å². The molecule has 1 rings (SSSR count). The van der Waals surface area contributed by atoms with Crippen molar-refractivity contribution < 1.29 is 4.79 Å². The maximum atomic E-state index is 11.7. The zero-order chi connectivity index (χ0) is 10.6. The van der Waals surface area contributed by atoms with E-state index in [1.807, 2.05) is 14.0 Å². The maximum Gasteiger partial charge on any atom is 0.224 e. The molecule has 1 saturated carbocycles. The lowest BCUT2D eigenvalue weighted by atomic mass is 9.99. The largest absolute Gasteiger partial charge is 0.351 e. The molecule has 1 unspecified atom stereocenters. The normalized spacial score (nSPS) is 21.9. The van der Waals surface area contributed by atoms with E-state index in [4.69, 9.17) is 0 Å². The Labute approximate surface area is 86.6 Å². The Morgan fingerprint density at radius 2 is 2.00 bits per heavy atom. The quantitative estimate of drug-likeness (QED) is 0.714. The van der Waals surface area contributed by atoms with Gasteiger partial charge in [0.05, 0.1) is 0 Å². The van der Waals surface area contributed by atoms with Crippen LogP contribution in [0.1, 0.15) is 39.5 Å². The summed E-state index contributed by atoms with van der Waals surface area (Å²) in [4.78, 5) is 11.7. The highest BCUT2D eigenvalue weighted by Gasteiger charge is 2.31. The van der Waals surface area contributed by atoms with Crippen molar-refractivity contribution in [1.29, 1.82) is 0 Å². The van der Waals surface area contributed by atoms with E-state index in [2.05, 4.69) is 17.6 Å². The summed E-state index contributed by atoms with van der Waals surface area (Å²) < 4.78 is 0. The second-order valence-electron chi connectivity index (χ2n) is 4.72. The summed E-state index contributed by atoms with van der Waals surface area (Å²) in [5.74, 6) is 0.251. The van der Waals surface area contributed by atoms with Crippen molar-refractivity contribution in [3.05, 3.63) is 0 Å². The number of hydrogen-bond acceptors (Lipinski definition) is 2. The van der Waals surface area contributed by atoms with Gasteiger partial charge in [0.1, 0.15) is 0 Å². The highest BCUT2D eigenvalue weighted by atomic mass is 16.2. The standard InChI is InChI=1S/C11H22N2O/c1-9(8-12-3)10(14)13-11(2)6-4-5-7-11/h9,12H,4-8H2,1-3H3,(H,13,14). The van der Waals surface area contributed by atoms with Crippen LogP contribution in [0, 0.1) is 5.92 Å². The SMILES string of the molecule is CNCC(C)C(=O)NC1(C)CCCC1. The molecular weight excluding hydrogens is 176 g/mol. The molecule has 0 saturated heterocycles. The smallest absolute Gasteiger partial charge is 0.224 e. The Kier molecular flexibility index (Phi) is 3.93. The molecule has 0 spiro atoms. The van der Waals surface area contributed by atoms with Gasteiger partial charge in [-0.3, -0.25) is 4.79 Å². The van der Waals surface area contributed by atoms with Crippen LogP contribution in [0.2, 0.25) is 0 Å². The minimum absolute atomic E-state index is 0.0671. The first-order valence-corrected chi connectivity index (χ1v) is 5.54. The fraction of sp³-hybridized carbons (Fsp3) is 0.909. The summed E-state index contributed by atoms with van der Waals surface area (Å²) in [5.41, 5.74) is 0.0685. The molecule has 0 aromatic rings. The lowest BCUT2D eigenvalue weighted by Gasteiger charge is -2.27. The van der Waals surface area contributed by atoms with Crippen molar-refractivity contribution >= 4 is 5.91 Å². The first-order valence-electron chi connectivity index (χ1n) is 5.54. The predicted molar refractivity (Wildman–Crippen MR) is 58.1 cm³/mol. The first-order chi connectivity index (χ1) is 6.57. The summed E-state index contributed by atoms with van der Waals surface area (Å²) in [6.07, 6.45) is 4.75. The fourth-order valence-electron chi connectivity index (χ4n) is 2.10. The van der Waals surface area contributed by atoms with Crippen molar-refractivity contribution in [3.8, 4) is 0 Å². The molecule has 1 aliphatic rings. The third-order valence-electron chi connectivity index (χ3n) is 3.09. The number of rotatable bonds is 4. The van der Waals surface area contributed by atoms with Crippen LogP contribution in [0.4, 0.5) is 0 Å². The predicted octanol–water partition coefficient (Wildman–Crippen LogP) is 1.29. The van der Waals surface area contributed by atoms with E-state index in [0.717, 1.165) is 19.4 Å². The molecular formula is C11H22N2O. The number of nitrogens with one attached hydrogen (secondary N) is 2. The van der Waals surface area contributed by atoms with Crippen LogP contribution in [0.25, 0.3) is 0 Å². The molecule has 0 aliphatic heterocycles. The Morgan fingerprint density at radius 1 is 1.43 bits per heavy atom. The molecule has 0 radical (unpaired) electrons. The molecule has 3 heteroatoms. The van der Waals surface area contributed by atoms with Crippen molar-refractivity contribution in [2.24, 2.45) is 5.92 Å². The molecule has 1 atom stereocenters. The van der Waals surface area contributed by atoms with E-state index in [-0.39, 0.29) is 17.4 Å². The summed E-state index contributed by atoms with van der Waals surface area (Å²) in [7, 11) is 1.88. The second-order valence-corrected chi connectivity index (χ2v) is 4.72. The van der Waals surface area contributed by atoms with Crippen LogP contribution in [0.5, 0.6) is 0 Å². The molecule has 0 bridgehead atoms. The highest BCUT2D eigenvalue weighted by Crippen LogP contribution is 2.28. The van der Waals surface area contributed by atoms with Gasteiger partial charge in [-0.05, 0) is 26.8 Å². The van der Waals surface area contributed by atoms with E-state index in [1.54, 1.807) is 0 Å². The Balaban J connectivity index is 2.39. The molecule has 0 aromatic heterocycles. The number of carbonyl (C=O) groups is 1. The molecule has 2 N–H and O–H groups in total. The average molecular weight is 198 g/mol. The lowest BCUT2D eigenvalue weighted by molar-refractivity contribution is -0.126. The summed E-state index contributed by atoms with van der Waals surface area (Å²) in [6.45, 7) is 4.87. The molecule has 1 fully saturated rings. The van der Waals surface area contributed by atoms with Crippen LogP contribution in [-0.2, 0) is 4.79 Å². The molecule has 0 aromatic carbocycles. The topological polar surface area (TPSA) is 41.1 Å². The van der Waals surface area contributed by atoms with E-state index < -0.39 is 0 Å². The minimum Gasteiger partial charge on any atom is -0.351 e. The summed E-state index contributed by atoms with van der Waals surface area (Å²) in [5, 5.41) is 6.19. The van der Waals surface area contributed by atoms with E-state index in [0.29, 0.717) is 0 Å². The van der Waals surface area contributed by atoms with Crippen LogP contribution in [-0.4, -0.2) is 25.0 Å². The summed E-state index contributed by atoms with van der Waals surface area (Å²) in [6, 6.07) is 0. The molecule has 3 nitrogen and oxygen atoms in total. The molecule has 1 aliphatic carbocycles. The average Bonchev–Trinajstić information content (AvgIpc) is 2.52. The van der Waals surface area contributed by atoms with Gasteiger partial charge in [0.25, 0.3) is 0 Å². The number of amides is 1. The molecule has 1 amide bonds. The van der Waals surface area contributed by atoms with Crippen LogP contribution in [0.3, 0.4) is 0 Å². The van der Waals surface area contributed by atoms with Crippen LogP contribution < -0.4 is 10.6 Å². The number of hydrogen-bond donors (Lipinski definition) is 2. The fourth-order valence-corrected chi connectivity index (χ4v) is 2.10. The Morgan fingerprint density at radius 3 is 2.50 bits per heavy atom.